The molecule has 1 aromatic rings. The van der Waals surface area contributed by atoms with Gasteiger partial charge in [-0.05, 0) is 6.07 Å². The van der Waals surface area contributed by atoms with E-state index in [0.29, 0.717) is 22.1 Å². The van der Waals surface area contributed by atoms with E-state index in [1.54, 1.807) is 0 Å². The molecule has 0 aliphatic rings. The van der Waals surface area contributed by atoms with Gasteiger partial charge in [-0.15, -0.1) is 0 Å². The Morgan fingerprint density at radius 3 is 2.71 bits per heavy atom. The summed E-state index contributed by atoms with van der Waals surface area (Å²) in [5.74, 6) is 0.429. The Morgan fingerprint density at radius 2 is 2.21 bits per heavy atom. The number of amides is 2. The van der Waals surface area contributed by atoms with Gasteiger partial charge >= 0.3 is 6.03 Å². The van der Waals surface area contributed by atoms with E-state index in [1.807, 2.05) is 0 Å². The van der Waals surface area contributed by atoms with Gasteiger partial charge in [0.2, 0.25) is 0 Å². The molecule has 0 saturated heterocycles. The molecule has 0 unspecified atom stereocenters. The molecule has 0 heterocycles. The molecule has 0 radical (unpaired) electrons. The molecule has 0 bridgehead atoms. The summed E-state index contributed by atoms with van der Waals surface area (Å²) in [7, 11) is 1.47. The van der Waals surface area contributed by atoms with Crippen LogP contribution in [0, 0.1) is 0 Å². The van der Waals surface area contributed by atoms with Crippen molar-refractivity contribution < 1.29 is 9.53 Å². The van der Waals surface area contributed by atoms with E-state index in [1.165, 1.54) is 19.2 Å². The molecule has 0 atom stereocenters. The smallest absolute Gasteiger partial charge is 0.316 e. The number of halogens is 1. The van der Waals surface area contributed by atoms with Gasteiger partial charge in [0.25, 0.3) is 0 Å². The van der Waals surface area contributed by atoms with Gasteiger partial charge in [-0.2, -0.15) is 0 Å². The summed E-state index contributed by atoms with van der Waals surface area (Å²) in [6, 6.07) is 2.28. The summed E-state index contributed by atoms with van der Waals surface area (Å²) in [5, 5.41) is 2.65. The molecule has 6 heteroatoms. The quantitative estimate of drug-likeness (QED) is 0.652. The summed E-state index contributed by atoms with van der Waals surface area (Å²) >= 11 is 5.80. The lowest BCUT2D eigenvalue weighted by Gasteiger charge is -2.09. The second-order valence-electron chi connectivity index (χ2n) is 2.56. The Hall–Kier alpha value is -1.62. The number of urea groups is 1. The summed E-state index contributed by atoms with van der Waals surface area (Å²) in [4.78, 5) is 10.6. The number of nitrogen functional groups attached to an aromatic ring is 1. The number of hydrogen-bond donors (Lipinski definition) is 3. The Balaban J connectivity index is 3.10. The Kier molecular flexibility index (Phi) is 3.03. The zero-order valence-electron chi connectivity index (χ0n) is 7.50. The van der Waals surface area contributed by atoms with Crippen LogP contribution in [0.15, 0.2) is 12.1 Å². The molecule has 76 valence electrons. The minimum Gasteiger partial charge on any atom is -0.495 e. The molecule has 0 aromatic heterocycles. The normalized spacial score (nSPS) is 9.57. The molecule has 0 saturated carbocycles. The number of ether oxygens (including phenoxy) is 1. The van der Waals surface area contributed by atoms with E-state index in [-0.39, 0.29) is 0 Å². The summed E-state index contributed by atoms with van der Waals surface area (Å²) < 4.78 is 4.95. The molecular formula is C8H10ClN3O2. The number of carbonyl (C=O) groups excluding carboxylic acids is 1. The monoisotopic (exact) mass is 215 g/mol. The van der Waals surface area contributed by atoms with Gasteiger partial charge in [0, 0.05) is 6.07 Å². The highest BCUT2D eigenvalue weighted by Gasteiger charge is 2.07. The number of methoxy groups -OCH3 is 1. The summed E-state index contributed by atoms with van der Waals surface area (Å²) in [5.41, 5.74) is 11.3. The molecule has 0 aliphatic heterocycles. The molecule has 5 nitrogen and oxygen atoms in total. The summed E-state index contributed by atoms with van der Waals surface area (Å²) in [6.45, 7) is 0. The molecule has 5 N–H and O–H groups in total. The molecule has 0 fully saturated rings. The van der Waals surface area contributed by atoms with Crippen molar-refractivity contribution in [3.05, 3.63) is 17.2 Å². The van der Waals surface area contributed by atoms with E-state index in [9.17, 15) is 4.79 Å². The highest BCUT2D eigenvalue weighted by Crippen LogP contribution is 2.32. The lowest BCUT2D eigenvalue weighted by molar-refractivity contribution is 0.259. The second kappa shape index (κ2) is 4.06. The van der Waals surface area contributed by atoms with Crippen molar-refractivity contribution in [1.82, 2.24) is 0 Å². The van der Waals surface area contributed by atoms with Gasteiger partial charge < -0.3 is 21.5 Å². The van der Waals surface area contributed by atoms with Crippen LogP contribution in [-0.2, 0) is 0 Å². The van der Waals surface area contributed by atoms with E-state index >= 15 is 0 Å². The fourth-order valence-electron chi connectivity index (χ4n) is 0.974. The number of primary amides is 1. The van der Waals surface area contributed by atoms with Crippen LogP contribution in [-0.4, -0.2) is 13.1 Å². The highest BCUT2D eigenvalue weighted by molar-refractivity contribution is 6.34. The lowest BCUT2D eigenvalue weighted by atomic mass is 10.2. The topological polar surface area (TPSA) is 90.4 Å². The SMILES string of the molecule is COc1cc(NC(N)=O)c(Cl)cc1N. The van der Waals surface area contributed by atoms with Gasteiger partial charge in [0.05, 0.1) is 23.5 Å². The Labute approximate surface area is 86.0 Å². The maximum atomic E-state index is 10.6. The minimum absolute atomic E-state index is 0.308. The van der Waals surface area contributed by atoms with Crippen LogP contribution >= 0.6 is 11.6 Å². The second-order valence-corrected chi connectivity index (χ2v) is 2.97. The zero-order valence-corrected chi connectivity index (χ0v) is 8.26. The lowest BCUT2D eigenvalue weighted by Crippen LogP contribution is -2.19. The first-order valence-corrected chi connectivity index (χ1v) is 4.12. The van der Waals surface area contributed by atoms with Crippen molar-refractivity contribution in [2.45, 2.75) is 0 Å². The average molecular weight is 216 g/mol. The van der Waals surface area contributed by atoms with Crippen LogP contribution in [0.25, 0.3) is 0 Å². The minimum atomic E-state index is -0.696. The van der Waals surface area contributed by atoms with E-state index < -0.39 is 6.03 Å². The van der Waals surface area contributed by atoms with Crippen molar-refractivity contribution in [2.24, 2.45) is 5.73 Å². The molecule has 0 aliphatic carbocycles. The van der Waals surface area contributed by atoms with Crippen LogP contribution in [0.2, 0.25) is 5.02 Å². The van der Waals surface area contributed by atoms with Crippen LogP contribution in [0.4, 0.5) is 16.2 Å². The predicted molar refractivity (Wildman–Crippen MR) is 55.6 cm³/mol. The van der Waals surface area contributed by atoms with Crippen molar-refractivity contribution >= 4 is 29.0 Å². The molecule has 14 heavy (non-hydrogen) atoms. The Morgan fingerprint density at radius 1 is 1.57 bits per heavy atom. The maximum Gasteiger partial charge on any atom is 0.316 e. The summed E-state index contributed by atoms with van der Waals surface area (Å²) in [6.07, 6.45) is 0. The number of nitrogens with one attached hydrogen (secondary N) is 1. The number of anilines is 2. The number of benzene rings is 1. The van der Waals surface area contributed by atoms with E-state index in [4.69, 9.17) is 27.8 Å². The number of nitrogens with two attached hydrogens (primary N) is 2. The largest absolute Gasteiger partial charge is 0.495 e. The average Bonchev–Trinajstić information content (AvgIpc) is 2.09. The predicted octanol–water partition coefficient (Wildman–Crippen LogP) is 1.42. The third-order valence-corrected chi connectivity index (χ3v) is 1.89. The Bertz CT molecular complexity index is 368. The van der Waals surface area contributed by atoms with Crippen LogP contribution in [0.1, 0.15) is 0 Å². The molecular weight excluding hydrogens is 206 g/mol. The van der Waals surface area contributed by atoms with Crippen molar-refractivity contribution in [1.29, 1.82) is 0 Å². The highest BCUT2D eigenvalue weighted by atomic mass is 35.5. The fourth-order valence-corrected chi connectivity index (χ4v) is 1.19. The van der Waals surface area contributed by atoms with Gasteiger partial charge in [-0.3, -0.25) is 0 Å². The number of rotatable bonds is 2. The molecule has 1 rings (SSSR count). The molecule has 1 aromatic carbocycles. The molecule has 0 spiro atoms. The third-order valence-electron chi connectivity index (χ3n) is 1.58. The van der Waals surface area contributed by atoms with Crippen molar-refractivity contribution in [3.63, 3.8) is 0 Å². The fraction of sp³-hybridized carbons (Fsp3) is 0.125. The van der Waals surface area contributed by atoms with Gasteiger partial charge in [-0.25, -0.2) is 4.79 Å². The van der Waals surface area contributed by atoms with Crippen LogP contribution in [0.5, 0.6) is 5.75 Å². The van der Waals surface area contributed by atoms with E-state index in [0.717, 1.165) is 0 Å². The van der Waals surface area contributed by atoms with Crippen LogP contribution in [0.3, 0.4) is 0 Å². The maximum absolute atomic E-state index is 10.6. The third kappa shape index (κ3) is 2.20. The van der Waals surface area contributed by atoms with Gasteiger partial charge in [-0.1, -0.05) is 11.6 Å². The zero-order chi connectivity index (χ0) is 10.7. The first-order valence-electron chi connectivity index (χ1n) is 3.74. The van der Waals surface area contributed by atoms with E-state index in [2.05, 4.69) is 5.32 Å². The number of carbonyl (C=O) groups is 1. The van der Waals surface area contributed by atoms with Gasteiger partial charge in [0.1, 0.15) is 5.75 Å². The number of hydrogen-bond acceptors (Lipinski definition) is 3. The first kappa shape index (κ1) is 10.5. The first-order chi connectivity index (χ1) is 6.54. The van der Waals surface area contributed by atoms with Crippen molar-refractivity contribution in [3.8, 4) is 5.75 Å². The standard InChI is InChI=1S/C8H10ClN3O2/c1-14-7-3-6(12-8(11)13)4(9)2-5(7)10/h2-3H,10H2,1H3,(H3,11,12,13). The van der Waals surface area contributed by atoms with Crippen molar-refractivity contribution in [2.75, 3.05) is 18.2 Å². The van der Waals surface area contributed by atoms with Crippen LogP contribution < -0.4 is 21.5 Å². The molecule has 2 amide bonds. The van der Waals surface area contributed by atoms with Gasteiger partial charge in [0.15, 0.2) is 0 Å².